The lowest BCUT2D eigenvalue weighted by atomic mass is 9.78. The molecule has 1 aliphatic rings. The molecule has 2 aromatic heterocycles. The number of hydrogen-bond acceptors (Lipinski definition) is 7. The molecule has 2 heterocycles. The highest BCUT2D eigenvalue weighted by atomic mass is 16.5. The van der Waals surface area contributed by atoms with Gasteiger partial charge in [0.1, 0.15) is 17.3 Å². The molecule has 0 saturated heterocycles. The highest BCUT2D eigenvalue weighted by Crippen LogP contribution is 2.35. The monoisotopic (exact) mass is 288 g/mol. The number of aromatic nitrogens is 3. The van der Waals surface area contributed by atoms with Crippen LogP contribution in [-0.2, 0) is 6.54 Å². The Hall–Kier alpha value is -2.15. The molecule has 4 N–H and O–H groups in total. The molecule has 0 unspecified atom stereocenters. The zero-order valence-electron chi connectivity index (χ0n) is 12.3. The second-order valence-corrected chi connectivity index (χ2v) is 5.72. The molecule has 0 bridgehead atoms. The van der Waals surface area contributed by atoms with Gasteiger partial charge >= 0.3 is 0 Å². The largest absolute Gasteiger partial charge is 0.368 e. The van der Waals surface area contributed by atoms with Gasteiger partial charge in [-0.2, -0.15) is 4.98 Å². The summed E-state index contributed by atoms with van der Waals surface area (Å²) in [6, 6.07) is 4.18. The molecule has 0 spiro atoms. The highest BCUT2D eigenvalue weighted by molar-refractivity contribution is 5.44. The molecule has 2 aromatic rings. The molecule has 3 rings (SSSR count). The van der Waals surface area contributed by atoms with E-state index in [2.05, 4.69) is 15.1 Å². The lowest BCUT2D eigenvalue weighted by Gasteiger charge is -2.32. The van der Waals surface area contributed by atoms with Crippen molar-refractivity contribution in [2.75, 3.05) is 17.7 Å². The van der Waals surface area contributed by atoms with Crippen molar-refractivity contribution < 1.29 is 4.52 Å². The van der Waals surface area contributed by atoms with Crippen LogP contribution in [0.25, 0.3) is 0 Å². The summed E-state index contributed by atoms with van der Waals surface area (Å²) in [4.78, 5) is 10.6. The first-order valence-electron chi connectivity index (χ1n) is 7.04. The van der Waals surface area contributed by atoms with E-state index in [9.17, 15) is 0 Å². The summed E-state index contributed by atoms with van der Waals surface area (Å²) < 4.78 is 5.08. The van der Waals surface area contributed by atoms with E-state index >= 15 is 0 Å². The summed E-state index contributed by atoms with van der Waals surface area (Å²) in [6.45, 7) is 2.48. The van der Waals surface area contributed by atoms with Crippen LogP contribution < -0.4 is 16.4 Å². The van der Waals surface area contributed by atoms with E-state index in [0.717, 1.165) is 35.8 Å². The van der Waals surface area contributed by atoms with Crippen molar-refractivity contribution >= 4 is 11.8 Å². The molecule has 112 valence electrons. The summed E-state index contributed by atoms with van der Waals surface area (Å²) in [5, 5.41) is 3.99. The van der Waals surface area contributed by atoms with E-state index in [1.807, 2.05) is 31.0 Å². The Morgan fingerprint density at radius 1 is 1.33 bits per heavy atom. The second kappa shape index (κ2) is 5.33. The van der Waals surface area contributed by atoms with Gasteiger partial charge in [-0.3, -0.25) is 0 Å². The average Bonchev–Trinajstić information content (AvgIpc) is 2.79. The fourth-order valence-electron chi connectivity index (χ4n) is 2.60. The van der Waals surface area contributed by atoms with Crippen LogP contribution in [0.2, 0.25) is 0 Å². The minimum atomic E-state index is 0.283. The number of anilines is 2. The van der Waals surface area contributed by atoms with Crippen molar-refractivity contribution in [2.24, 2.45) is 5.73 Å². The number of nitrogens with zero attached hydrogens (tertiary/aromatic N) is 4. The first kappa shape index (κ1) is 13.8. The minimum absolute atomic E-state index is 0.283. The quantitative estimate of drug-likeness (QED) is 0.870. The van der Waals surface area contributed by atoms with Crippen molar-refractivity contribution in [3.8, 4) is 0 Å². The molecule has 0 radical (unpaired) electrons. The average molecular weight is 288 g/mol. The zero-order valence-corrected chi connectivity index (χ0v) is 12.3. The van der Waals surface area contributed by atoms with Crippen LogP contribution in [0.3, 0.4) is 0 Å². The first-order chi connectivity index (χ1) is 10.0. The van der Waals surface area contributed by atoms with Gasteiger partial charge in [-0.1, -0.05) is 5.16 Å². The van der Waals surface area contributed by atoms with Gasteiger partial charge in [-0.25, -0.2) is 4.98 Å². The van der Waals surface area contributed by atoms with E-state index in [4.69, 9.17) is 16.0 Å². The predicted octanol–water partition coefficient (Wildman–Crippen LogP) is 1.20. The van der Waals surface area contributed by atoms with Crippen molar-refractivity contribution in [2.45, 2.75) is 38.3 Å². The molecule has 1 aliphatic carbocycles. The van der Waals surface area contributed by atoms with Gasteiger partial charge in [0.05, 0.1) is 12.2 Å². The fourth-order valence-corrected chi connectivity index (χ4v) is 2.60. The molecule has 7 heteroatoms. The van der Waals surface area contributed by atoms with Gasteiger partial charge in [0.2, 0.25) is 5.95 Å². The van der Waals surface area contributed by atoms with Crippen LogP contribution >= 0.6 is 0 Å². The van der Waals surface area contributed by atoms with Crippen LogP contribution in [0.4, 0.5) is 11.8 Å². The zero-order chi connectivity index (χ0) is 15.0. The maximum atomic E-state index is 5.84. The van der Waals surface area contributed by atoms with Crippen LogP contribution in [0.1, 0.15) is 35.9 Å². The highest BCUT2D eigenvalue weighted by Gasteiger charge is 2.29. The summed E-state index contributed by atoms with van der Waals surface area (Å²) in [5.41, 5.74) is 13.5. The van der Waals surface area contributed by atoms with Gasteiger partial charge in [-0.05, 0) is 19.8 Å². The molecule has 1 saturated carbocycles. The van der Waals surface area contributed by atoms with Gasteiger partial charge in [0.15, 0.2) is 0 Å². The smallest absolute Gasteiger partial charge is 0.222 e. The lowest BCUT2D eigenvalue weighted by Crippen LogP contribution is -2.35. The van der Waals surface area contributed by atoms with Crippen LogP contribution in [-0.4, -0.2) is 28.2 Å². The molecular formula is C14H20N6O. The Kier molecular flexibility index (Phi) is 3.50. The van der Waals surface area contributed by atoms with E-state index in [1.165, 1.54) is 0 Å². The Bertz CT molecular complexity index is 634. The summed E-state index contributed by atoms with van der Waals surface area (Å²) >= 11 is 0. The van der Waals surface area contributed by atoms with E-state index in [-0.39, 0.29) is 6.04 Å². The molecule has 0 atom stereocenters. The van der Waals surface area contributed by atoms with Crippen molar-refractivity contribution in [1.29, 1.82) is 0 Å². The number of hydrogen-bond donors (Lipinski definition) is 2. The van der Waals surface area contributed by atoms with Crippen LogP contribution in [0, 0.1) is 6.92 Å². The van der Waals surface area contributed by atoms with Gasteiger partial charge in [-0.15, -0.1) is 0 Å². The molecule has 21 heavy (non-hydrogen) atoms. The van der Waals surface area contributed by atoms with Crippen molar-refractivity contribution in [1.82, 2.24) is 15.1 Å². The van der Waals surface area contributed by atoms with Crippen LogP contribution in [0.15, 0.2) is 16.7 Å². The summed E-state index contributed by atoms with van der Waals surface area (Å²) in [7, 11) is 1.95. The minimum Gasteiger partial charge on any atom is -0.368 e. The Labute approximate surface area is 123 Å². The third-order valence-corrected chi connectivity index (χ3v) is 3.81. The third-order valence-electron chi connectivity index (χ3n) is 3.81. The standard InChI is InChI=1S/C14H20N6O/c1-8-3-11(19-21-8)7-20(2)13-6-12(17-14(16)18-13)9-4-10(15)5-9/h3,6,9-10H,4-5,7,15H2,1-2H3,(H2,16,17,18). The fraction of sp³-hybridized carbons (Fsp3) is 0.500. The predicted molar refractivity (Wildman–Crippen MR) is 79.7 cm³/mol. The topological polar surface area (TPSA) is 107 Å². The number of rotatable bonds is 4. The van der Waals surface area contributed by atoms with E-state index < -0.39 is 0 Å². The van der Waals surface area contributed by atoms with Crippen molar-refractivity contribution in [3.05, 3.63) is 29.3 Å². The third kappa shape index (κ3) is 2.97. The van der Waals surface area contributed by atoms with Gasteiger partial charge in [0, 0.05) is 31.1 Å². The van der Waals surface area contributed by atoms with Gasteiger partial charge < -0.3 is 20.9 Å². The Morgan fingerprint density at radius 3 is 2.71 bits per heavy atom. The molecule has 0 aromatic carbocycles. The maximum absolute atomic E-state index is 5.84. The van der Waals surface area contributed by atoms with E-state index in [1.54, 1.807) is 0 Å². The molecule has 0 aliphatic heterocycles. The number of nitrogen functional groups attached to an aromatic ring is 1. The van der Waals surface area contributed by atoms with Crippen molar-refractivity contribution in [3.63, 3.8) is 0 Å². The lowest BCUT2D eigenvalue weighted by molar-refractivity contribution is 0.345. The second-order valence-electron chi connectivity index (χ2n) is 5.72. The van der Waals surface area contributed by atoms with Crippen LogP contribution in [0.5, 0.6) is 0 Å². The molecule has 1 fully saturated rings. The summed E-state index contributed by atoms with van der Waals surface area (Å²) in [6.07, 6.45) is 1.92. The summed E-state index contributed by atoms with van der Waals surface area (Å²) in [5.74, 6) is 2.28. The normalized spacial score (nSPS) is 21.1. The first-order valence-corrected chi connectivity index (χ1v) is 7.04. The molecule has 7 nitrogen and oxygen atoms in total. The SMILES string of the molecule is Cc1cc(CN(C)c2cc(C3CC(N)C3)nc(N)n2)no1. The number of nitrogens with two attached hydrogens (primary N) is 2. The maximum Gasteiger partial charge on any atom is 0.222 e. The number of aryl methyl sites for hydroxylation is 1. The van der Waals surface area contributed by atoms with E-state index in [0.29, 0.717) is 18.4 Å². The Morgan fingerprint density at radius 2 is 2.10 bits per heavy atom. The van der Waals surface area contributed by atoms with Gasteiger partial charge in [0.25, 0.3) is 0 Å². The Balaban J connectivity index is 1.77. The molecule has 0 amide bonds. The molecular weight excluding hydrogens is 268 g/mol.